The van der Waals surface area contributed by atoms with Gasteiger partial charge in [-0.3, -0.25) is 0 Å². The molecule has 2 aromatic rings. The largest absolute Gasteiger partial charge is 0.494 e. The number of unbranched alkanes of at least 4 members (excludes halogenated alkanes) is 6. The van der Waals surface area contributed by atoms with Gasteiger partial charge in [0.05, 0.1) is 18.8 Å². The topological polar surface area (TPSA) is 44.8 Å². The average molecular weight is 471 g/mol. The summed E-state index contributed by atoms with van der Waals surface area (Å²) < 4.78 is 17.1. The Balaban J connectivity index is 1.68. The lowest BCUT2D eigenvalue weighted by molar-refractivity contribution is 0.0734. The second kappa shape index (κ2) is 14.8. The number of rotatable bonds is 16. The minimum atomic E-state index is -0.969. The Labute approximate surface area is 201 Å². The molecule has 0 saturated heterocycles. The molecular weight excluding hydrogens is 428 g/mol. The Morgan fingerprint density at radius 2 is 1.15 bits per heavy atom. The molecule has 0 heterocycles. The van der Waals surface area contributed by atoms with Gasteiger partial charge in [0.2, 0.25) is 0 Å². The summed E-state index contributed by atoms with van der Waals surface area (Å²) in [5.74, 6) is 1.72. The molecule has 0 radical (unpaired) electrons. The standard InChI is InChI=1S/C28H42O4Si/c1-5-6-7-8-9-10-21-30-26-17-19-27(20-18-26)32-28(29)24-13-15-25(16-14-24)31-22-11-12-23-33(2,3)4/h13-20H,5-12,21-23H2,1-4H3. The third-order valence-corrected chi connectivity index (χ3v) is 7.33. The van der Waals surface area contributed by atoms with Crippen molar-refractivity contribution in [3.63, 3.8) is 0 Å². The lowest BCUT2D eigenvalue weighted by Gasteiger charge is -2.15. The van der Waals surface area contributed by atoms with E-state index < -0.39 is 8.07 Å². The smallest absolute Gasteiger partial charge is 0.343 e. The number of benzene rings is 2. The minimum Gasteiger partial charge on any atom is -0.494 e. The van der Waals surface area contributed by atoms with Gasteiger partial charge in [-0.1, -0.05) is 71.1 Å². The van der Waals surface area contributed by atoms with Crippen LogP contribution in [0, 0.1) is 0 Å². The first-order valence-electron chi connectivity index (χ1n) is 12.6. The van der Waals surface area contributed by atoms with Gasteiger partial charge in [0.15, 0.2) is 0 Å². The van der Waals surface area contributed by atoms with E-state index in [1.165, 1.54) is 44.6 Å². The first-order valence-corrected chi connectivity index (χ1v) is 16.3. The second-order valence-electron chi connectivity index (χ2n) is 9.87. The maximum absolute atomic E-state index is 12.4. The predicted molar refractivity (Wildman–Crippen MR) is 140 cm³/mol. The van der Waals surface area contributed by atoms with Crippen LogP contribution in [0.15, 0.2) is 48.5 Å². The highest BCUT2D eigenvalue weighted by atomic mass is 28.3. The van der Waals surface area contributed by atoms with E-state index in [0.717, 1.165) is 30.9 Å². The Morgan fingerprint density at radius 3 is 1.73 bits per heavy atom. The molecule has 5 heteroatoms. The summed E-state index contributed by atoms with van der Waals surface area (Å²) >= 11 is 0. The zero-order valence-electron chi connectivity index (χ0n) is 21.0. The van der Waals surface area contributed by atoms with E-state index in [-0.39, 0.29) is 5.97 Å². The van der Waals surface area contributed by atoms with Crippen LogP contribution in [0.1, 0.15) is 68.6 Å². The van der Waals surface area contributed by atoms with Gasteiger partial charge in [-0.05, 0) is 61.4 Å². The second-order valence-corrected chi connectivity index (χ2v) is 15.5. The summed E-state index contributed by atoms with van der Waals surface area (Å²) in [6.45, 7) is 10.8. The van der Waals surface area contributed by atoms with Crippen molar-refractivity contribution < 1.29 is 19.0 Å². The van der Waals surface area contributed by atoms with Crippen molar-refractivity contribution in [3.8, 4) is 17.2 Å². The van der Waals surface area contributed by atoms with Crippen molar-refractivity contribution >= 4 is 14.0 Å². The fourth-order valence-electron chi connectivity index (χ4n) is 3.48. The molecule has 0 atom stereocenters. The minimum absolute atomic E-state index is 0.377. The molecule has 0 bridgehead atoms. The van der Waals surface area contributed by atoms with Crippen LogP contribution in [0.5, 0.6) is 17.2 Å². The van der Waals surface area contributed by atoms with Gasteiger partial charge >= 0.3 is 5.97 Å². The maximum Gasteiger partial charge on any atom is 0.343 e. The van der Waals surface area contributed by atoms with Gasteiger partial charge in [0, 0.05) is 8.07 Å². The highest BCUT2D eigenvalue weighted by Crippen LogP contribution is 2.20. The molecule has 0 N–H and O–H groups in total. The van der Waals surface area contributed by atoms with Crippen LogP contribution in [0.4, 0.5) is 0 Å². The number of carbonyl (C=O) groups is 1. The number of esters is 1. The van der Waals surface area contributed by atoms with E-state index in [1.807, 2.05) is 24.3 Å². The normalized spacial score (nSPS) is 11.3. The SMILES string of the molecule is CCCCCCCCOc1ccc(OC(=O)c2ccc(OCCCC[Si](C)(C)C)cc2)cc1. The zero-order chi connectivity index (χ0) is 23.9. The summed E-state index contributed by atoms with van der Waals surface area (Å²) in [6.07, 6.45) is 9.72. The van der Waals surface area contributed by atoms with Crippen LogP contribution >= 0.6 is 0 Å². The number of carbonyl (C=O) groups excluding carboxylic acids is 1. The Hall–Kier alpha value is -2.27. The molecule has 0 aliphatic rings. The van der Waals surface area contributed by atoms with Gasteiger partial charge in [-0.2, -0.15) is 0 Å². The van der Waals surface area contributed by atoms with Crippen LogP contribution in [-0.2, 0) is 0 Å². The summed E-state index contributed by atoms with van der Waals surface area (Å²) in [6, 6.07) is 15.7. The van der Waals surface area contributed by atoms with Gasteiger partial charge in [0.25, 0.3) is 0 Å². The van der Waals surface area contributed by atoms with Crippen LogP contribution in [0.2, 0.25) is 25.7 Å². The van der Waals surface area contributed by atoms with Gasteiger partial charge in [-0.15, -0.1) is 0 Å². The molecule has 2 rings (SSSR count). The molecule has 4 nitrogen and oxygen atoms in total. The first kappa shape index (κ1) is 27.0. The molecule has 0 saturated carbocycles. The highest BCUT2D eigenvalue weighted by molar-refractivity contribution is 6.76. The van der Waals surface area contributed by atoms with E-state index in [1.54, 1.807) is 24.3 Å². The van der Waals surface area contributed by atoms with Crippen molar-refractivity contribution in [1.82, 2.24) is 0 Å². The molecule has 0 spiro atoms. The summed E-state index contributed by atoms with van der Waals surface area (Å²) in [7, 11) is -0.969. The van der Waals surface area contributed by atoms with Crippen LogP contribution < -0.4 is 14.2 Å². The van der Waals surface area contributed by atoms with Crippen molar-refractivity contribution in [1.29, 1.82) is 0 Å². The van der Waals surface area contributed by atoms with Gasteiger partial charge in [0.1, 0.15) is 17.2 Å². The average Bonchev–Trinajstić information content (AvgIpc) is 2.79. The van der Waals surface area contributed by atoms with Crippen molar-refractivity contribution in [2.75, 3.05) is 13.2 Å². The highest BCUT2D eigenvalue weighted by Gasteiger charge is 2.12. The Bertz CT molecular complexity index is 794. The van der Waals surface area contributed by atoms with Crippen LogP contribution in [0.3, 0.4) is 0 Å². The van der Waals surface area contributed by atoms with Crippen molar-refractivity contribution in [2.45, 2.75) is 84.0 Å². The number of hydrogen-bond acceptors (Lipinski definition) is 4. The molecule has 182 valence electrons. The third-order valence-electron chi connectivity index (χ3n) is 5.48. The molecule has 33 heavy (non-hydrogen) atoms. The summed E-state index contributed by atoms with van der Waals surface area (Å²) in [4.78, 5) is 12.4. The molecular formula is C28H42O4Si. The zero-order valence-corrected chi connectivity index (χ0v) is 22.0. The summed E-state index contributed by atoms with van der Waals surface area (Å²) in [5.41, 5.74) is 0.504. The van der Waals surface area contributed by atoms with E-state index in [9.17, 15) is 4.79 Å². The monoisotopic (exact) mass is 470 g/mol. The molecule has 0 fully saturated rings. The Morgan fingerprint density at radius 1 is 0.667 bits per heavy atom. The van der Waals surface area contributed by atoms with Crippen LogP contribution in [0.25, 0.3) is 0 Å². The molecule has 0 amide bonds. The van der Waals surface area contributed by atoms with Crippen LogP contribution in [-0.4, -0.2) is 27.3 Å². The van der Waals surface area contributed by atoms with E-state index in [0.29, 0.717) is 17.9 Å². The molecule has 0 aliphatic carbocycles. The van der Waals surface area contributed by atoms with Crippen molar-refractivity contribution in [3.05, 3.63) is 54.1 Å². The molecule has 0 aromatic heterocycles. The third kappa shape index (κ3) is 12.0. The Kier molecular flexibility index (Phi) is 12.1. The van der Waals surface area contributed by atoms with E-state index >= 15 is 0 Å². The lowest BCUT2D eigenvalue weighted by atomic mass is 10.1. The van der Waals surface area contributed by atoms with Gasteiger partial charge in [-0.25, -0.2) is 4.79 Å². The van der Waals surface area contributed by atoms with Gasteiger partial charge < -0.3 is 14.2 Å². The summed E-state index contributed by atoms with van der Waals surface area (Å²) in [5, 5.41) is 0. The number of hydrogen-bond donors (Lipinski definition) is 0. The molecule has 0 aliphatic heterocycles. The fraction of sp³-hybridized carbons (Fsp3) is 0.536. The van der Waals surface area contributed by atoms with E-state index in [2.05, 4.69) is 26.6 Å². The number of ether oxygens (including phenoxy) is 3. The molecule has 2 aromatic carbocycles. The van der Waals surface area contributed by atoms with E-state index in [4.69, 9.17) is 14.2 Å². The van der Waals surface area contributed by atoms with Crippen molar-refractivity contribution in [2.24, 2.45) is 0 Å². The maximum atomic E-state index is 12.4. The fourth-order valence-corrected chi connectivity index (χ4v) is 4.79. The first-order chi connectivity index (χ1) is 15.9. The predicted octanol–water partition coefficient (Wildman–Crippen LogP) is 8.14. The lowest BCUT2D eigenvalue weighted by Crippen LogP contribution is -2.18. The molecule has 0 unspecified atom stereocenters. The quantitative estimate of drug-likeness (QED) is 0.107.